The first-order valence-corrected chi connectivity index (χ1v) is 7.06. The number of likely N-dealkylation sites (tertiary alicyclic amines) is 1. The number of hydrogen-bond donors (Lipinski definition) is 1. The van der Waals surface area contributed by atoms with E-state index in [2.05, 4.69) is 0 Å². The van der Waals surface area contributed by atoms with Crippen molar-refractivity contribution in [3.63, 3.8) is 0 Å². The Kier molecular flexibility index (Phi) is 4.55. The molecule has 1 heterocycles. The fourth-order valence-electron chi connectivity index (χ4n) is 2.68. The van der Waals surface area contributed by atoms with Gasteiger partial charge in [-0.3, -0.25) is 14.5 Å². The molecule has 108 valence electrons. The average Bonchev–Trinajstić information content (AvgIpc) is 2.87. The molecular formula is C16H21NO3. The van der Waals surface area contributed by atoms with Crippen LogP contribution in [-0.4, -0.2) is 40.9 Å². The number of carboxylic acids is 1. The van der Waals surface area contributed by atoms with Crippen molar-refractivity contribution in [1.29, 1.82) is 0 Å². The predicted octanol–water partition coefficient (Wildman–Crippen LogP) is 2.43. The number of ketones is 1. The van der Waals surface area contributed by atoms with Crippen LogP contribution in [0.5, 0.6) is 0 Å². The zero-order chi connectivity index (χ0) is 14.7. The number of carbonyl (C=O) groups excluding carboxylic acids is 1. The van der Waals surface area contributed by atoms with Crippen LogP contribution in [-0.2, 0) is 4.79 Å². The first kappa shape index (κ1) is 14.7. The van der Waals surface area contributed by atoms with Gasteiger partial charge in [0.25, 0.3) is 0 Å². The van der Waals surface area contributed by atoms with Gasteiger partial charge in [-0.2, -0.15) is 0 Å². The Morgan fingerprint density at radius 1 is 1.30 bits per heavy atom. The molecule has 20 heavy (non-hydrogen) atoms. The minimum Gasteiger partial charge on any atom is -0.480 e. The summed E-state index contributed by atoms with van der Waals surface area (Å²) >= 11 is 0. The molecule has 0 radical (unpaired) electrons. The van der Waals surface area contributed by atoms with E-state index in [-0.39, 0.29) is 5.78 Å². The van der Waals surface area contributed by atoms with E-state index < -0.39 is 12.0 Å². The number of aryl methyl sites for hydroxylation is 2. The molecule has 0 aliphatic carbocycles. The zero-order valence-corrected chi connectivity index (χ0v) is 12.1. The molecule has 0 amide bonds. The quantitative estimate of drug-likeness (QED) is 0.838. The lowest BCUT2D eigenvalue weighted by atomic mass is 10.0. The third-order valence-electron chi connectivity index (χ3n) is 4.10. The normalized spacial score (nSPS) is 19.2. The van der Waals surface area contributed by atoms with E-state index in [1.165, 1.54) is 5.56 Å². The van der Waals surface area contributed by atoms with Crippen LogP contribution in [0.25, 0.3) is 0 Å². The van der Waals surface area contributed by atoms with Gasteiger partial charge in [0.15, 0.2) is 5.78 Å². The van der Waals surface area contributed by atoms with Crippen LogP contribution in [0.1, 0.15) is 40.7 Å². The molecule has 1 N–H and O–H groups in total. The second-order valence-electron chi connectivity index (χ2n) is 5.50. The van der Waals surface area contributed by atoms with Crippen molar-refractivity contribution in [2.24, 2.45) is 0 Å². The van der Waals surface area contributed by atoms with Gasteiger partial charge in [-0.05, 0) is 50.4 Å². The fourth-order valence-corrected chi connectivity index (χ4v) is 2.68. The highest BCUT2D eigenvalue weighted by atomic mass is 16.4. The highest BCUT2D eigenvalue weighted by molar-refractivity contribution is 5.96. The minimum absolute atomic E-state index is 0.0872. The minimum atomic E-state index is -0.777. The van der Waals surface area contributed by atoms with Gasteiger partial charge in [0.2, 0.25) is 0 Å². The van der Waals surface area contributed by atoms with E-state index in [9.17, 15) is 9.59 Å². The van der Waals surface area contributed by atoms with Gasteiger partial charge >= 0.3 is 5.97 Å². The lowest BCUT2D eigenvalue weighted by molar-refractivity contribution is -0.142. The monoisotopic (exact) mass is 275 g/mol. The van der Waals surface area contributed by atoms with E-state index in [4.69, 9.17) is 5.11 Å². The van der Waals surface area contributed by atoms with Gasteiger partial charge in [-0.1, -0.05) is 12.1 Å². The van der Waals surface area contributed by atoms with Gasteiger partial charge < -0.3 is 5.11 Å². The molecule has 1 unspecified atom stereocenters. The summed E-state index contributed by atoms with van der Waals surface area (Å²) in [6.07, 6.45) is 1.97. The summed E-state index contributed by atoms with van der Waals surface area (Å²) in [7, 11) is 0. The second-order valence-corrected chi connectivity index (χ2v) is 5.50. The van der Waals surface area contributed by atoms with Crippen molar-refractivity contribution in [2.45, 2.75) is 39.2 Å². The SMILES string of the molecule is Cc1ccc(C(=O)CCN2CCCC2C(=O)O)cc1C. The van der Waals surface area contributed by atoms with Crippen LogP contribution in [0.2, 0.25) is 0 Å². The van der Waals surface area contributed by atoms with Crippen molar-refractivity contribution in [3.8, 4) is 0 Å². The van der Waals surface area contributed by atoms with Crippen molar-refractivity contribution < 1.29 is 14.7 Å². The molecule has 1 aromatic rings. The van der Waals surface area contributed by atoms with Crippen LogP contribution < -0.4 is 0 Å². The third-order valence-corrected chi connectivity index (χ3v) is 4.10. The smallest absolute Gasteiger partial charge is 0.320 e. The summed E-state index contributed by atoms with van der Waals surface area (Å²) in [5.41, 5.74) is 3.01. The van der Waals surface area contributed by atoms with E-state index in [0.717, 1.165) is 24.1 Å². The lowest BCUT2D eigenvalue weighted by Crippen LogP contribution is -2.37. The average molecular weight is 275 g/mol. The van der Waals surface area contributed by atoms with Crippen molar-refractivity contribution in [2.75, 3.05) is 13.1 Å². The number of rotatable bonds is 5. The molecule has 2 rings (SSSR count). The summed E-state index contributed by atoms with van der Waals surface area (Å²) in [6.45, 7) is 5.32. The van der Waals surface area contributed by atoms with Crippen molar-refractivity contribution in [3.05, 3.63) is 34.9 Å². The Balaban J connectivity index is 1.95. The van der Waals surface area contributed by atoms with Gasteiger partial charge in [-0.15, -0.1) is 0 Å². The lowest BCUT2D eigenvalue weighted by Gasteiger charge is -2.20. The van der Waals surface area contributed by atoms with E-state index in [1.807, 2.05) is 36.9 Å². The Morgan fingerprint density at radius 2 is 2.05 bits per heavy atom. The molecule has 1 aliphatic rings. The topological polar surface area (TPSA) is 57.6 Å². The molecule has 1 saturated heterocycles. The molecule has 1 aliphatic heterocycles. The predicted molar refractivity (Wildman–Crippen MR) is 77.1 cm³/mol. The Morgan fingerprint density at radius 3 is 2.70 bits per heavy atom. The van der Waals surface area contributed by atoms with E-state index in [1.54, 1.807) is 0 Å². The van der Waals surface area contributed by atoms with Crippen LogP contribution in [0.15, 0.2) is 18.2 Å². The summed E-state index contributed by atoms with van der Waals surface area (Å²) in [5, 5.41) is 9.11. The Labute approximate surface area is 119 Å². The first-order chi connectivity index (χ1) is 9.49. The van der Waals surface area contributed by atoms with Crippen molar-refractivity contribution >= 4 is 11.8 Å². The Bertz CT molecular complexity index is 524. The summed E-state index contributed by atoms with van der Waals surface area (Å²) in [4.78, 5) is 25.2. The number of benzene rings is 1. The third kappa shape index (κ3) is 3.25. The second kappa shape index (κ2) is 6.18. The van der Waals surface area contributed by atoms with Gasteiger partial charge in [-0.25, -0.2) is 0 Å². The van der Waals surface area contributed by atoms with Gasteiger partial charge in [0, 0.05) is 18.5 Å². The first-order valence-electron chi connectivity index (χ1n) is 7.06. The standard InChI is InChI=1S/C16H21NO3/c1-11-5-6-13(10-12(11)2)15(18)7-9-17-8-3-4-14(17)16(19)20/h5-6,10,14H,3-4,7-9H2,1-2H3,(H,19,20). The Hall–Kier alpha value is -1.68. The molecular weight excluding hydrogens is 254 g/mol. The largest absolute Gasteiger partial charge is 0.480 e. The number of aliphatic carboxylic acids is 1. The van der Waals surface area contributed by atoms with Crippen LogP contribution >= 0.6 is 0 Å². The highest BCUT2D eigenvalue weighted by Crippen LogP contribution is 2.18. The maximum absolute atomic E-state index is 12.2. The van der Waals surface area contributed by atoms with E-state index in [0.29, 0.717) is 19.4 Å². The zero-order valence-electron chi connectivity index (χ0n) is 12.1. The van der Waals surface area contributed by atoms with E-state index >= 15 is 0 Å². The fraction of sp³-hybridized carbons (Fsp3) is 0.500. The molecule has 1 atom stereocenters. The number of carboxylic acid groups (broad SMARTS) is 1. The molecule has 1 fully saturated rings. The summed E-state index contributed by atoms with van der Waals surface area (Å²) in [5.74, 6) is -0.690. The number of Topliss-reactive ketones (excluding diaryl/α,β-unsaturated/α-hetero) is 1. The summed E-state index contributed by atoms with van der Waals surface area (Å²) in [6, 6.07) is 5.31. The van der Waals surface area contributed by atoms with Gasteiger partial charge in [0.05, 0.1) is 0 Å². The molecule has 0 spiro atoms. The molecule has 0 aromatic heterocycles. The number of nitrogens with zero attached hydrogens (tertiary/aromatic N) is 1. The molecule has 4 nitrogen and oxygen atoms in total. The molecule has 1 aromatic carbocycles. The van der Waals surface area contributed by atoms with Crippen LogP contribution in [0.3, 0.4) is 0 Å². The number of carbonyl (C=O) groups is 2. The highest BCUT2D eigenvalue weighted by Gasteiger charge is 2.30. The van der Waals surface area contributed by atoms with Gasteiger partial charge in [0.1, 0.15) is 6.04 Å². The summed E-state index contributed by atoms with van der Waals surface area (Å²) < 4.78 is 0. The van der Waals surface area contributed by atoms with Crippen LogP contribution in [0.4, 0.5) is 0 Å². The van der Waals surface area contributed by atoms with Crippen LogP contribution in [0, 0.1) is 13.8 Å². The van der Waals surface area contributed by atoms with Crippen molar-refractivity contribution in [1.82, 2.24) is 4.90 Å². The molecule has 0 bridgehead atoms. The molecule has 0 saturated carbocycles. The number of hydrogen-bond acceptors (Lipinski definition) is 3. The molecule has 4 heteroatoms. The maximum Gasteiger partial charge on any atom is 0.320 e. The maximum atomic E-state index is 12.2.